The largest absolute Gasteiger partial charge is 0.459 e. The van der Waals surface area contributed by atoms with Gasteiger partial charge < -0.3 is 44.8 Å². The Morgan fingerprint density at radius 2 is 1.53 bits per heavy atom. The van der Waals surface area contributed by atoms with Gasteiger partial charge in [-0.15, -0.1) is 0 Å². The van der Waals surface area contributed by atoms with Gasteiger partial charge in [-0.1, -0.05) is 48.5 Å². The van der Waals surface area contributed by atoms with Crippen molar-refractivity contribution in [2.75, 3.05) is 7.11 Å². The Labute approximate surface area is 259 Å². The lowest BCUT2D eigenvalue weighted by atomic mass is 9.60. The van der Waals surface area contributed by atoms with Crippen LogP contribution in [0.4, 0.5) is 0 Å². The van der Waals surface area contributed by atoms with E-state index in [2.05, 4.69) is 0 Å². The summed E-state index contributed by atoms with van der Waals surface area (Å²) in [6.07, 6.45) is -4.86. The second-order valence-electron chi connectivity index (χ2n) is 15.2. The number of hydrogen-bond acceptors (Lipinski definition) is 10. The number of carbonyl (C=O) groups excluding carboxylic acids is 1. The molecule has 0 aliphatic carbocycles. The SMILES string of the molecule is CC[C@H]1OC(=O)[C@H](C)[C@@H](O[C@H]2C[C@@](C)(OC)[C@@H](O)[C@H](C)O2)[C@H](C)[C@@H](C(C)(C)C)[C@](C)(O)C[C@@H](C)C(=N)[C@H](C)[C@@H](O)[C@]1(C)O. The van der Waals surface area contributed by atoms with Crippen LogP contribution in [0.1, 0.15) is 102 Å². The van der Waals surface area contributed by atoms with E-state index in [0.29, 0.717) is 0 Å². The fourth-order valence-corrected chi connectivity index (χ4v) is 8.11. The summed E-state index contributed by atoms with van der Waals surface area (Å²) in [5.41, 5.74) is -4.34. The predicted octanol–water partition coefficient (Wildman–Crippen LogP) is 4.09. The molecule has 2 fully saturated rings. The normalized spacial score (nSPS) is 48.0. The summed E-state index contributed by atoms with van der Waals surface area (Å²) in [6, 6.07) is 0. The van der Waals surface area contributed by atoms with E-state index in [1.165, 1.54) is 14.0 Å². The first kappa shape index (κ1) is 38.0. The number of rotatable bonds is 4. The van der Waals surface area contributed by atoms with Gasteiger partial charge in [-0.2, -0.15) is 0 Å². The van der Waals surface area contributed by atoms with Crippen molar-refractivity contribution in [2.45, 2.75) is 156 Å². The van der Waals surface area contributed by atoms with E-state index >= 15 is 0 Å². The third kappa shape index (κ3) is 7.99. The van der Waals surface area contributed by atoms with E-state index in [-0.39, 0.29) is 25.0 Å². The second kappa shape index (κ2) is 13.7. The van der Waals surface area contributed by atoms with E-state index in [1.54, 1.807) is 41.5 Å². The first-order valence-electron chi connectivity index (χ1n) is 15.9. The quantitative estimate of drug-likeness (QED) is 0.294. The number of cyclic esters (lactones) is 1. The zero-order valence-corrected chi connectivity index (χ0v) is 28.8. The minimum Gasteiger partial charge on any atom is -0.459 e. The number of nitrogens with one attached hydrogen (secondary N) is 1. The number of aliphatic hydroxyl groups excluding tert-OH is 2. The number of hydrogen-bond donors (Lipinski definition) is 5. The Balaban J connectivity index is 2.70. The summed E-state index contributed by atoms with van der Waals surface area (Å²) >= 11 is 0. The van der Waals surface area contributed by atoms with Crippen molar-refractivity contribution in [1.82, 2.24) is 0 Å². The van der Waals surface area contributed by atoms with Gasteiger partial charge in [0.15, 0.2) is 6.29 Å². The molecule has 0 unspecified atom stereocenters. The first-order valence-corrected chi connectivity index (χ1v) is 15.9. The van der Waals surface area contributed by atoms with Crippen molar-refractivity contribution in [3.05, 3.63) is 0 Å². The highest BCUT2D eigenvalue weighted by atomic mass is 16.7. The van der Waals surface area contributed by atoms with Crippen LogP contribution in [-0.2, 0) is 23.7 Å². The van der Waals surface area contributed by atoms with E-state index in [1.807, 2.05) is 34.6 Å². The van der Waals surface area contributed by atoms with Gasteiger partial charge in [0.2, 0.25) is 0 Å². The number of ether oxygens (including phenoxy) is 4. The Kier molecular flexibility index (Phi) is 12.1. The predicted molar refractivity (Wildman–Crippen MR) is 165 cm³/mol. The molecule has 0 aromatic rings. The van der Waals surface area contributed by atoms with Gasteiger partial charge in [0.25, 0.3) is 0 Å². The molecule has 2 aliphatic rings. The third-order valence-corrected chi connectivity index (χ3v) is 10.4. The Bertz CT molecular complexity index is 963. The zero-order valence-electron chi connectivity index (χ0n) is 28.8. The van der Waals surface area contributed by atoms with Crippen molar-refractivity contribution in [2.24, 2.45) is 35.0 Å². The molecular weight excluding hydrogens is 554 g/mol. The topological polar surface area (TPSA) is 159 Å². The molecule has 10 heteroatoms. The lowest BCUT2D eigenvalue weighted by Gasteiger charge is -2.51. The monoisotopic (exact) mass is 615 g/mol. The summed E-state index contributed by atoms with van der Waals surface area (Å²) < 4.78 is 24.3. The lowest BCUT2D eigenvalue weighted by molar-refractivity contribution is -0.299. The minimum absolute atomic E-state index is 0.203. The molecule has 2 heterocycles. The zero-order chi connectivity index (χ0) is 33.5. The number of esters is 1. The highest BCUT2D eigenvalue weighted by Gasteiger charge is 2.53. The molecule has 14 atom stereocenters. The standard InChI is InChI=1S/C33H61NO9/c1-14-22-33(12,39)27(35)18(3)24(34)17(2)15-31(10,38)26(30(7,8)9)19(4)25(20(5)29(37)42-22)43-23-16-32(11,40-13)28(36)21(6)41-23/h17-23,25-28,34-36,38-39H,14-16H2,1-13H3/t17-,18+,19+,20-,21+,22-,23+,25+,26+,27-,28+,31-,32-,33-/m1/s1. The van der Waals surface area contributed by atoms with E-state index in [4.69, 9.17) is 24.4 Å². The molecule has 0 bridgehead atoms. The van der Waals surface area contributed by atoms with Gasteiger partial charge in [0.05, 0.1) is 35.4 Å². The van der Waals surface area contributed by atoms with Crippen LogP contribution in [0, 0.1) is 40.4 Å². The maximum Gasteiger partial charge on any atom is 0.311 e. The van der Waals surface area contributed by atoms with Crippen LogP contribution in [0.3, 0.4) is 0 Å². The molecule has 2 aliphatic heterocycles. The van der Waals surface area contributed by atoms with E-state index in [9.17, 15) is 25.2 Å². The van der Waals surface area contributed by atoms with Gasteiger partial charge in [-0.3, -0.25) is 4.79 Å². The lowest BCUT2D eigenvalue weighted by Crippen LogP contribution is -2.59. The molecule has 43 heavy (non-hydrogen) atoms. The van der Waals surface area contributed by atoms with Gasteiger partial charge in [0, 0.05) is 25.2 Å². The molecule has 252 valence electrons. The number of aliphatic hydroxyl groups is 4. The van der Waals surface area contributed by atoms with Crippen molar-refractivity contribution in [3.8, 4) is 0 Å². The van der Waals surface area contributed by atoms with Crippen molar-refractivity contribution in [3.63, 3.8) is 0 Å². The van der Waals surface area contributed by atoms with Crippen LogP contribution in [0.25, 0.3) is 0 Å². The Morgan fingerprint density at radius 3 is 2.02 bits per heavy atom. The first-order chi connectivity index (χ1) is 19.5. The maximum atomic E-state index is 13.9. The summed E-state index contributed by atoms with van der Waals surface area (Å²) in [5, 5.41) is 54.6. The summed E-state index contributed by atoms with van der Waals surface area (Å²) in [6.45, 7) is 21.8. The maximum absolute atomic E-state index is 13.9. The average Bonchev–Trinajstić information content (AvgIpc) is 2.89. The highest BCUT2D eigenvalue weighted by Crippen LogP contribution is 2.47. The van der Waals surface area contributed by atoms with Gasteiger partial charge in [0.1, 0.15) is 17.8 Å². The molecule has 0 amide bonds. The molecular formula is C33H61NO9. The molecule has 0 aromatic carbocycles. The van der Waals surface area contributed by atoms with Crippen LogP contribution in [0.2, 0.25) is 0 Å². The number of methoxy groups -OCH3 is 1. The van der Waals surface area contributed by atoms with Crippen molar-refractivity contribution >= 4 is 11.7 Å². The summed E-state index contributed by atoms with van der Waals surface area (Å²) in [4.78, 5) is 13.9. The average molecular weight is 616 g/mol. The van der Waals surface area contributed by atoms with Crippen LogP contribution < -0.4 is 0 Å². The molecule has 0 aromatic heterocycles. The van der Waals surface area contributed by atoms with Crippen LogP contribution in [0.5, 0.6) is 0 Å². The van der Waals surface area contributed by atoms with E-state index < -0.39 is 94.6 Å². The Morgan fingerprint density at radius 1 is 0.977 bits per heavy atom. The van der Waals surface area contributed by atoms with Crippen molar-refractivity contribution in [1.29, 1.82) is 5.41 Å². The van der Waals surface area contributed by atoms with Crippen LogP contribution in [-0.4, -0.2) is 92.8 Å². The summed E-state index contributed by atoms with van der Waals surface area (Å²) in [7, 11) is 1.53. The smallest absolute Gasteiger partial charge is 0.311 e. The van der Waals surface area contributed by atoms with Crippen molar-refractivity contribution < 1.29 is 44.2 Å². The highest BCUT2D eigenvalue weighted by molar-refractivity contribution is 5.86. The third-order valence-electron chi connectivity index (χ3n) is 10.4. The minimum atomic E-state index is -1.84. The molecule has 2 saturated heterocycles. The number of carbonyl (C=O) groups is 1. The van der Waals surface area contributed by atoms with Crippen LogP contribution in [0.15, 0.2) is 0 Å². The summed E-state index contributed by atoms with van der Waals surface area (Å²) in [5.74, 6) is -3.45. The molecule has 10 nitrogen and oxygen atoms in total. The molecule has 0 radical (unpaired) electrons. The Hall–Kier alpha value is -1.14. The fourth-order valence-electron chi connectivity index (χ4n) is 8.11. The van der Waals surface area contributed by atoms with Gasteiger partial charge >= 0.3 is 5.97 Å². The molecule has 0 spiro atoms. The molecule has 5 N–H and O–H groups in total. The second-order valence-corrected chi connectivity index (χ2v) is 15.2. The van der Waals surface area contributed by atoms with Gasteiger partial charge in [-0.25, -0.2) is 0 Å². The van der Waals surface area contributed by atoms with Gasteiger partial charge in [-0.05, 0) is 70.6 Å². The molecule has 2 rings (SSSR count). The fraction of sp³-hybridized carbons (Fsp3) is 0.939. The molecule has 0 saturated carbocycles. The van der Waals surface area contributed by atoms with Crippen LogP contribution >= 0.6 is 0 Å². The van der Waals surface area contributed by atoms with E-state index in [0.717, 1.165) is 0 Å².